The zero-order chi connectivity index (χ0) is 22.5. The number of carbonyl (C=O) groups excluding carboxylic acids is 1. The zero-order valence-electron chi connectivity index (χ0n) is 18.4. The number of anilines is 1. The van der Waals surface area contributed by atoms with Gasteiger partial charge in [0.05, 0.1) is 5.25 Å². The number of nitrogens with one attached hydrogen (secondary N) is 1. The van der Waals surface area contributed by atoms with Gasteiger partial charge in [-0.25, -0.2) is 0 Å². The Labute approximate surface area is 192 Å². The van der Waals surface area contributed by atoms with E-state index in [1.54, 1.807) is 0 Å². The van der Waals surface area contributed by atoms with E-state index in [2.05, 4.69) is 41.5 Å². The first-order valence-corrected chi connectivity index (χ1v) is 11.5. The largest absolute Gasteiger partial charge is 0.325 e. The topological polar surface area (TPSA) is 59.8 Å². The van der Waals surface area contributed by atoms with Gasteiger partial charge >= 0.3 is 0 Å². The molecule has 0 bridgehead atoms. The van der Waals surface area contributed by atoms with Crippen molar-refractivity contribution in [2.45, 2.75) is 37.1 Å². The molecule has 5 nitrogen and oxygen atoms in total. The van der Waals surface area contributed by atoms with Crippen molar-refractivity contribution in [3.05, 3.63) is 90.5 Å². The summed E-state index contributed by atoms with van der Waals surface area (Å²) in [5.74, 6) is 1.13. The highest BCUT2D eigenvalue weighted by Gasteiger charge is 2.22. The van der Waals surface area contributed by atoms with E-state index in [1.165, 1.54) is 17.3 Å². The summed E-state index contributed by atoms with van der Waals surface area (Å²) in [5, 5.41) is 12.2. The second kappa shape index (κ2) is 9.83. The molecule has 0 aliphatic heterocycles. The number of para-hydroxylation sites is 1. The Bertz CT molecular complexity index is 1170. The third-order valence-corrected chi connectivity index (χ3v) is 6.22. The lowest BCUT2D eigenvalue weighted by atomic mass is 10.0. The quantitative estimate of drug-likeness (QED) is 0.347. The molecule has 1 atom stereocenters. The van der Waals surface area contributed by atoms with E-state index in [-0.39, 0.29) is 11.2 Å². The Hall–Kier alpha value is -3.38. The molecule has 0 radical (unpaired) electrons. The summed E-state index contributed by atoms with van der Waals surface area (Å²) in [5.41, 5.74) is 3.96. The highest BCUT2D eigenvalue weighted by Crippen LogP contribution is 2.30. The Morgan fingerprint density at radius 3 is 2.09 bits per heavy atom. The molecular weight excluding hydrogens is 416 g/mol. The molecule has 0 spiro atoms. The van der Waals surface area contributed by atoms with Crippen LogP contribution in [0.5, 0.6) is 0 Å². The van der Waals surface area contributed by atoms with Crippen LogP contribution in [-0.4, -0.2) is 25.9 Å². The molecule has 0 saturated heterocycles. The van der Waals surface area contributed by atoms with Crippen molar-refractivity contribution in [1.29, 1.82) is 0 Å². The third-order valence-electron chi connectivity index (χ3n) is 5.18. The molecule has 162 valence electrons. The average molecular weight is 443 g/mol. The van der Waals surface area contributed by atoms with Crippen LogP contribution >= 0.6 is 11.8 Å². The molecule has 0 unspecified atom stereocenters. The number of carbonyl (C=O) groups is 1. The van der Waals surface area contributed by atoms with E-state index in [0.29, 0.717) is 11.1 Å². The fourth-order valence-electron chi connectivity index (χ4n) is 3.34. The minimum Gasteiger partial charge on any atom is -0.325 e. The van der Waals surface area contributed by atoms with Gasteiger partial charge in [-0.15, -0.1) is 10.2 Å². The number of hydrogen-bond donors (Lipinski definition) is 1. The van der Waals surface area contributed by atoms with Crippen LogP contribution in [0.2, 0.25) is 0 Å². The van der Waals surface area contributed by atoms with Crippen LogP contribution in [-0.2, 0) is 4.79 Å². The summed E-state index contributed by atoms with van der Waals surface area (Å²) >= 11 is 1.39. The van der Waals surface area contributed by atoms with Gasteiger partial charge < -0.3 is 5.32 Å². The molecule has 3 aromatic carbocycles. The molecule has 0 saturated carbocycles. The van der Waals surface area contributed by atoms with Gasteiger partial charge in [-0.1, -0.05) is 86.3 Å². The van der Waals surface area contributed by atoms with Crippen molar-refractivity contribution < 1.29 is 4.79 Å². The van der Waals surface area contributed by atoms with E-state index in [0.717, 1.165) is 22.8 Å². The normalized spacial score (nSPS) is 12.0. The summed E-state index contributed by atoms with van der Waals surface area (Å²) in [4.78, 5) is 12.9. The van der Waals surface area contributed by atoms with Crippen molar-refractivity contribution in [3.63, 3.8) is 0 Å². The van der Waals surface area contributed by atoms with Crippen molar-refractivity contribution in [1.82, 2.24) is 14.8 Å². The summed E-state index contributed by atoms with van der Waals surface area (Å²) in [7, 11) is 0. The first-order chi connectivity index (χ1) is 15.5. The van der Waals surface area contributed by atoms with Crippen LogP contribution in [0.3, 0.4) is 0 Å². The van der Waals surface area contributed by atoms with Crippen LogP contribution in [0.1, 0.15) is 32.3 Å². The van der Waals surface area contributed by atoms with Crippen molar-refractivity contribution in [2.24, 2.45) is 0 Å². The molecule has 6 heteroatoms. The number of amides is 1. The van der Waals surface area contributed by atoms with Crippen molar-refractivity contribution >= 4 is 23.4 Å². The molecule has 1 amide bonds. The molecule has 1 heterocycles. The number of benzene rings is 3. The Balaban J connectivity index is 1.57. The van der Waals surface area contributed by atoms with Crippen LogP contribution in [0.25, 0.3) is 17.1 Å². The fraction of sp³-hybridized carbons (Fsp3) is 0.192. The Morgan fingerprint density at radius 1 is 0.844 bits per heavy atom. The fourth-order valence-corrected chi connectivity index (χ4v) is 4.20. The minimum absolute atomic E-state index is 0.0730. The molecule has 0 aliphatic carbocycles. The summed E-state index contributed by atoms with van der Waals surface area (Å²) in [6, 6.07) is 27.9. The lowest BCUT2D eigenvalue weighted by Crippen LogP contribution is -2.22. The standard InChI is InChI=1S/C26H26N4OS/c1-18(2)20-14-16-22(17-15-20)27-25(31)19(3)32-26-29-28-24(21-10-6-4-7-11-21)30(26)23-12-8-5-9-13-23/h4-19H,1-3H3,(H,27,31)/t19-/m1/s1. The minimum atomic E-state index is -0.352. The molecule has 32 heavy (non-hydrogen) atoms. The maximum absolute atomic E-state index is 12.9. The van der Waals surface area contributed by atoms with Gasteiger partial charge in [0.2, 0.25) is 5.91 Å². The highest BCUT2D eigenvalue weighted by molar-refractivity contribution is 8.00. The van der Waals surface area contributed by atoms with E-state index in [9.17, 15) is 4.79 Å². The maximum atomic E-state index is 12.9. The summed E-state index contributed by atoms with van der Waals surface area (Å²) in [6.07, 6.45) is 0. The van der Waals surface area contributed by atoms with Gasteiger partial charge in [0.25, 0.3) is 0 Å². The molecule has 4 aromatic rings. The molecule has 0 aliphatic rings. The number of rotatable bonds is 7. The van der Waals surface area contributed by atoms with E-state index in [1.807, 2.05) is 84.3 Å². The number of hydrogen-bond acceptors (Lipinski definition) is 4. The van der Waals surface area contributed by atoms with Gasteiger partial charge in [-0.3, -0.25) is 9.36 Å². The number of thioether (sulfide) groups is 1. The van der Waals surface area contributed by atoms with E-state index in [4.69, 9.17) is 0 Å². The zero-order valence-corrected chi connectivity index (χ0v) is 19.2. The monoisotopic (exact) mass is 442 g/mol. The van der Waals surface area contributed by atoms with Gasteiger partial charge in [-0.2, -0.15) is 0 Å². The predicted molar refractivity (Wildman–Crippen MR) is 131 cm³/mol. The average Bonchev–Trinajstić information content (AvgIpc) is 3.24. The lowest BCUT2D eigenvalue weighted by molar-refractivity contribution is -0.115. The molecular formula is C26H26N4OS. The van der Waals surface area contributed by atoms with Crippen LogP contribution < -0.4 is 5.32 Å². The Morgan fingerprint density at radius 2 is 1.47 bits per heavy atom. The smallest absolute Gasteiger partial charge is 0.237 e. The summed E-state index contributed by atoms with van der Waals surface area (Å²) < 4.78 is 2.00. The van der Waals surface area contributed by atoms with E-state index < -0.39 is 0 Å². The van der Waals surface area contributed by atoms with Crippen molar-refractivity contribution in [3.8, 4) is 17.1 Å². The SMILES string of the molecule is CC(C)c1ccc(NC(=O)[C@@H](C)Sc2nnc(-c3ccccc3)n2-c2ccccc2)cc1. The first-order valence-electron chi connectivity index (χ1n) is 10.7. The number of nitrogens with zero attached hydrogens (tertiary/aromatic N) is 3. The lowest BCUT2D eigenvalue weighted by Gasteiger charge is -2.14. The Kier molecular flexibility index (Phi) is 6.71. The van der Waals surface area contributed by atoms with Gasteiger partial charge in [0.15, 0.2) is 11.0 Å². The second-order valence-electron chi connectivity index (χ2n) is 7.87. The highest BCUT2D eigenvalue weighted by atomic mass is 32.2. The van der Waals surface area contributed by atoms with Gasteiger partial charge in [0, 0.05) is 16.9 Å². The molecule has 4 rings (SSSR count). The molecule has 0 fully saturated rings. The maximum Gasteiger partial charge on any atom is 0.237 e. The summed E-state index contributed by atoms with van der Waals surface area (Å²) in [6.45, 7) is 6.19. The van der Waals surface area contributed by atoms with Gasteiger partial charge in [0.1, 0.15) is 0 Å². The van der Waals surface area contributed by atoms with Gasteiger partial charge in [-0.05, 0) is 42.7 Å². The van der Waals surface area contributed by atoms with Crippen LogP contribution in [0.4, 0.5) is 5.69 Å². The van der Waals surface area contributed by atoms with Crippen LogP contribution in [0.15, 0.2) is 90.1 Å². The third kappa shape index (κ3) is 4.92. The van der Waals surface area contributed by atoms with E-state index >= 15 is 0 Å². The number of aromatic nitrogens is 3. The van der Waals surface area contributed by atoms with Crippen molar-refractivity contribution in [2.75, 3.05) is 5.32 Å². The molecule has 1 N–H and O–H groups in total. The predicted octanol–water partition coefficient (Wildman–Crippen LogP) is 6.18. The molecule has 1 aromatic heterocycles. The second-order valence-corrected chi connectivity index (χ2v) is 9.18. The first kappa shape index (κ1) is 21.8. The van der Waals surface area contributed by atoms with Crippen LogP contribution in [0, 0.1) is 0 Å².